The number of aryl methyl sites for hydroxylation is 1. The van der Waals surface area contributed by atoms with E-state index in [9.17, 15) is 23.1 Å². The van der Waals surface area contributed by atoms with E-state index < -0.39 is 17.5 Å². The average Bonchev–Trinajstić information content (AvgIpc) is 2.48. The molecular weight excluding hydrogens is 295 g/mol. The minimum Gasteiger partial charge on any atom is -0.508 e. The highest BCUT2D eigenvalue weighted by atomic mass is 19.2. The van der Waals surface area contributed by atoms with Gasteiger partial charge in [0.25, 0.3) is 5.56 Å². The fourth-order valence-electron chi connectivity index (χ4n) is 2.39. The Hall–Kier alpha value is -2.76. The number of rotatable bonds is 1. The van der Waals surface area contributed by atoms with Crippen molar-refractivity contribution < 1.29 is 18.3 Å². The second kappa shape index (κ2) is 4.91. The molecule has 0 saturated carbocycles. The normalized spacial score (nSPS) is 11.1. The molecule has 0 aliphatic carbocycles. The van der Waals surface area contributed by atoms with Crippen molar-refractivity contribution in [3.8, 4) is 16.9 Å². The second-order valence-electron chi connectivity index (χ2n) is 4.94. The van der Waals surface area contributed by atoms with Gasteiger partial charge >= 0.3 is 0 Å². The van der Waals surface area contributed by atoms with Crippen LogP contribution in [0.15, 0.2) is 41.3 Å². The first-order valence-corrected chi connectivity index (χ1v) is 6.36. The van der Waals surface area contributed by atoms with Gasteiger partial charge < -0.3 is 9.67 Å². The summed E-state index contributed by atoms with van der Waals surface area (Å²) in [5.41, 5.74) is 0.0650. The smallest absolute Gasteiger partial charge is 0.258 e. The van der Waals surface area contributed by atoms with Crippen LogP contribution < -0.4 is 5.56 Å². The van der Waals surface area contributed by atoms with E-state index in [0.717, 1.165) is 12.1 Å². The van der Waals surface area contributed by atoms with Crippen LogP contribution >= 0.6 is 0 Å². The van der Waals surface area contributed by atoms with Crippen molar-refractivity contribution in [2.24, 2.45) is 7.05 Å². The summed E-state index contributed by atoms with van der Waals surface area (Å²) in [5, 5.41) is 10.2. The predicted molar refractivity (Wildman–Crippen MR) is 76.2 cm³/mol. The van der Waals surface area contributed by atoms with E-state index in [1.807, 2.05) is 0 Å². The Labute approximate surface area is 122 Å². The van der Waals surface area contributed by atoms with E-state index in [4.69, 9.17) is 0 Å². The van der Waals surface area contributed by atoms with Crippen LogP contribution in [0.5, 0.6) is 5.75 Å². The SMILES string of the molecule is Cn1cc(-c2cc(F)c(F)c(F)c2)c2cc(O)ccc2c1=O. The van der Waals surface area contributed by atoms with Gasteiger partial charge in [-0.2, -0.15) is 0 Å². The summed E-state index contributed by atoms with van der Waals surface area (Å²) in [6, 6.07) is 5.79. The number of hydrogen-bond acceptors (Lipinski definition) is 2. The van der Waals surface area contributed by atoms with Gasteiger partial charge in [0.15, 0.2) is 17.5 Å². The van der Waals surface area contributed by atoms with Gasteiger partial charge in [-0.3, -0.25) is 4.79 Å². The van der Waals surface area contributed by atoms with Crippen LogP contribution in [0.1, 0.15) is 0 Å². The van der Waals surface area contributed by atoms with E-state index in [1.54, 1.807) is 0 Å². The molecule has 3 nitrogen and oxygen atoms in total. The van der Waals surface area contributed by atoms with Gasteiger partial charge in [0.05, 0.1) is 0 Å². The summed E-state index contributed by atoms with van der Waals surface area (Å²) in [7, 11) is 1.49. The minimum absolute atomic E-state index is 0.0719. The number of pyridine rings is 1. The van der Waals surface area contributed by atoms with E-state index in [1.165, 1.54) is 36.0 Å². The van der Waals surface area contributed by atoms with Crippen LogP contribution in [0, 0.1) is 17.5 Å². The van der Waals surface area contributed by atoms with E-state index in [0.29, 0.717) is 10.9 Å². The molecule has 22 heavy (non-hydrogen) atoms. The number of nitrogens with zero attached hydrogens (tertiary/aromatic N) is 1. The van der Waals surface area contributed by atoms with Crippen molar-refractivity contribution in [2.75, 3.05) is 0 Å². The molecule has 6 heteroatoms. The molecule has 0 aliphatic rings. The molecule has 3 rings (SSSR count). The first-order valence-electron chi connectivity index (χ1n) is 6.36. The van der Waals surface area contributed by atoms with Crippen LogP contribution in [-0.4, -0.2) is 9.67 Å². The van der Waals surface area contributed by atoms with Crippen LogP contribution in [0.4, 0.5) is 13.2 Å². The van der Waals surface area contributed by atoms with Crippen molar-refractivity contribution in [1.29, 1.82) is 0 Å². The molecule has 0 atom stereocenters. The zero-order valence-corrected chi connectivity index (χ0v) is 11.4. The van der Waals surface area contributed by atoms with Crippen molar-refractivity contribution in [3.05, 3.63) is 64.3 Å². The van der Waals surface area contributed by atoms with Crippen molar-refractivity contribution >= 4 is 10.8 Å². The maximum Gasteiger partial charge on any atom is 0.258 e. The molecule has 112 valence electrons. The van der Waals surface area contributed by atoms with Crippen molar-refractivity contribution in [1.82, 2.24) is 4.57 Å². The number of aromatic nitrogens is 1. The Morgan fingerprint density at radius 2 is 1.64 bits per heavy atom. The molecule has 1 N–H and O–H groups in total. The minimum atomic E-state index is -1.55. The number of phenols is 1. The maximum atomic E-state index is 13.5. The fraction of sp³-hybridized carbons (Fsp3) is 0.0625. The van der Waals surface area contributed by atoms with E-state index in [2.05, 4.69) is 0 Å². The van der Waals surface area contributed by atoms with Crippen LogP contribution in [-0.2, 0) is 7.05 Å². The van der Waals surface area contributed by atoms with Gasteiger partial charge in [-0.1, -0.05) is 0 Å². The molecule has 0 fully saturated rings. The van der Waals surface area contributed by atoms with E-state index >= 15 is 0 Å². The highest BCUT2D eigenvalue weighted by Crippen LogP contribution is 2.30. The quantitative estimate of drug-likeness (QED) is 0.701. The molecule has 0 saturated heterocycles. The lowest BCUT2D eigenvalue weighted by Gasteiger charge is -2.10. The predicted octanol–water partition coefficient (Wildman–Crippen LogP) is 3.33. The van der Waals surface area contributed by atoms with Crippen LogP contribution in [0.25, 0.3) is 21.9 Å². The Kier molecular flexibility index (Phi) is 3.16. The average molecular weight is 305 g/mol. The first kappa shape index (κ1) is 14.2. The second-order valence-corrected chi connectivity index (χ2v) is 4.94. The van der Waals surface area contributed by atoms with Gasteiger partial charge in [0.2, 0.25) is 0 Å². The van der Waals surface area contributed by atoms with Gasteiger partial charge in [-0.25, -0.2) is 13.2 Å². The standard InChI is InChI=1S/C16H10F3NO2/c1-20-7-12(8-4-13(17)15(19)14(18)5-8)11-6-9(21)2-3-10(11)16(20)22/h2-7,21H,1H3. The molecule has 2 aromatic carbocycles. The monoisotopic (exact) mass is 305 g/mol. The summed E-state index contributed by atoms with van der Waals surface area (Å²) in [4.78, 5) is 12.1. The van der Waals surface area contributed by atoms with Crippen LogP contribution in [0.2, 0.25) is 0 Å². The zero-order valence-electron chi connectivity index (χ0n) is 11.4. The van der Waals surface area contributed by atoms with Gasteiger partial charge in [-0.15, -0.1) is 0 Å². The largest absolute Gasteiger partial charge is 0.508 e. The van der Waals surface area contributed by atoms with Gasteiger partial charge in [-0.05, 0) is 35.9 Å². The lowest BCUT2D eigenvalue weighted by atomic mass is 10.00. The fourth-order valence-corrected chi connectivity index (χ4v) is 2.39. The number of benzene rings is 2. The summed E-state index contributed by atoms with van der Waals surface area (Å²) in [5.74, 6) is -4.29. The Morgan fingerprint density at radius 3 is 2.27 bits per heavy atom. The highest BCUT2D eigenvalue weighted by Gasteiger charge is 2.15. The zero-order chi connectivity index (χ0) is 16.0. The lowest BCUT2D eigenvalue weighted by Crippen LogP contribution is -2.16. The first-order chi connectivity index (χ1) is 10.4. The van der Waals surface area contributed by atoms with Gasteiger partial charge in [0.1, 0.15) is 5.75 Å². The maximum absolute atomic E-state index is 13.5. The molecular formula is C16H10F3NO2. The molecule has 0 aliphatic heterocycles. The molecule has 0 spiro atoms. The summed E-state index contributed by atoms with van der Waals surface area (Å²) in [6.45, 7) is 0. The molecule has 0 radical (unpaired) electrons. The molecule has 0 bridgehead atoms. The third kappa shape index (κ3) is 2.13. The van der Waals surface area contributed by atoms with E-state index in [-0.39, 0.29) is 22.3 Å². The number of fused-ring (bicyclic) bond motifs is 1. The van der Waals surface area contributed by atoms with Crippen molar-refractivity contribution in [3.63, 3.8) is 0 Å². The summed E-state index contributed by atoms with van der Waals surface area (Å²) >= 11 is 0. The van der Waals surface area contributed by atoms with Crippen molar-refractivity contribution in [2.45, 2.75) is 0 Å². The summed E-state index contributed by atoms with van der Waals surface area (Å²) in [6.07, 6.45) is 1.39. The summed E-state index contributed by atoms with van der Waals surface area (Å²) < 4.78 is 41.3. The van der Waals surface area contributed by atoms with Crippen LogP contribution in [0.3, 0.4) is 0 Å². The number of aromatic hydroxyl groups is 1. The van der Waals surface area contributed by atoms with Gasteiger partial charge in [0, 0.05) is 29.6 Å². The molecule has 0 unspecified atom stereocenters. The Bertz CT molecular complexity index is 940. The highest BCUT2D eigenvalue weighted by molar-refractivity contribution is 5.96. The third-order valence-electron chi connectivity index (χ3n) is 3.46. The Balaban J connectivity index is 2.43. The topological polar surface area (TPSA) is 42.2 Å². The molecule has 3 aromatic rings. The number of hydrogen-bond donors (Lipinski definition) is 1. The number of phenolic OH excluding ortho intramolecular Hbond substituents is 1. The molecule has 1 aromatic heterocycles. The lowest BCUT2D eigenvalue weighted by molar-refractivity contribution is 0.448. The third-order valence-corrected chi connectivity index (χ3v) is 3.46. The molecule has 1 heterocycles. The molecule has 0 amide bonds. The number of halogens is 3. The Morgan fingerprint density at radius 1 is 1.00 bits per heavy atom.